The highest BCUT2D eigenvalue weighted by Gasteiger charge is 2.36. The Morgan fingerprint density at radius 3 is 2.21 bits per heavy atom. The van der Waals surface area contributed by atoms with Crippen molar-refractivity contribution in [2.24, 2.45) is 0 Å². The van der Waals surface area contributed by atoms with Crippen LogP contribution in [0.25, 0.3) is 0 Å². The molecule has 0 saturated carbocycles. The molecular formula is C35H36ClF3N4O3S. The number of hydrogen-bond acceptors (Lipinski definition) is 6. The first-order valence-corrected chi connectivity index (χ1v) is 16.7. The monoisotopic (exact) mass is 684 g/mol. The van der Waals surface area contributed by atoms with Gasteiger partial charge < -0.3 is 20.4 Å². The lowest BCUT2D eigenvalue weighted by Gasteiger charge is -2.31. The number of halogens is 4. The van der Waals surface area contributed by atoms with Crippen LogP contribution in [0.2, 0.25) is 5.02 Å². The Balaban J connectivity index is 1.31. The molecule has 1 amide bonds. The van der Waals surface area contributed by atoms with E-state index in [2.05, 4.69) is 20.9 Å². The number of alkyl halides is 3. The zero-order valence-electron chi connectivity index (χ0n) is 25.4. The highest BCUT2D eigenvalue weighted by atomic mass is 35.5. The standard InChI is InChI=1S/C35H36ClF3N4O3S/c36-26-12-15-29(16-13-26)47-21-28-20-40-19-27(46-28)14-11-25-17-18-41-33(44)31(25)43-34(45)32(42-22-35(37,38)39)30(23-7-3-1-4-8-23)24-9-5-2-6-10-24/h1-10,12-13,15-18,27-28,30,32,40,42H,11,14,19-22H2,(H,41,44)(H,43,45)/t27-,28+,32?/m1/s1. The molecule has 3 aromatic carbocycles. The number of carbonyl (C=O) groups excluding carboxylic acids is 1. The molecule has 3 atom stereocenters. The van der Waals surface area contributed by atoms with Crippen molar-refractivity contribution < 1.29 is 22.7 Å². The summed E-state index contributed by atoms with van der Waals surface area (Å²) in [7, 11) is 0. The number of anilines is 1. The van der Waals surface area contributed by atoms with Crippen molar-refractivity contribution in [1.29, 1.82) is 0 Å². The Hall–Kier alpha value is -3.61. The summed E-state index contributed by atoms with van der Waals surface area (Å²) < 4.78 is 46.8. The van der Waals surface area contributed by atoms with Gasteiger partial charge in [-0.15, -0.1) is 11.8 Å². The lowest BCUT2D eigenvalue weighted by molar-refractivity contribution is -0.130. The van der Waals surface area contributed by atoms with E-state index in [0.29, 0.717) is 47.6 Å². The number of nitrogens with one attached hydrogen (secondary N) is 4. The summed E-state index contributed by atoms with van der Waals surface area (Å²) in [5.41, 5.74) is 1.34. The van der Waals surface area contributed by atoms with Gasteiger partial charge in [0, 0.05) is 40.9 Å². The van der Waals surface area contributed by atoms with Crippen LogP contribution in [-0.4, -0.2) is 60.7 Å². The number of pyridine rings is 1. The Labute approximate surface area is 280 Å². The Bertz CT molecular complexity index is 1600. The van der Waals surface area contributed by atoms with Crippen LogP contribution in [0.1, 0.15) is 29.0 Å². The van der Waals surface area contributed by atoms with Gasteiger partial charge in [0.05, 0.1) is 24.8 Å². The largest absolute Gasteiger partial charge is 0.401 e. The molecule has 47 heavy (non-hydrogen) atoms. The predicted octanol–water partition coefficient (Wildman–Crippen LogP) is 6.40. The molecule has 0 bridgehead atoms. The number of aromatic amines is 1. The summed E-state index contributed by atoms with van der Waals surface area (Å²) >= 11 is 7.67. The van der Waals surface area contributed by atoms with Crippen LogP contribution in [-0.2, 0) is 16.0 Å². The topological polar surface area (TPSA) is 95.2 Å². The van der Waals surface area contributed by atoms with Gasteiger partial charge in [0.2, 0.25) is 5.91 Å². The minimum atomic E-state index is -4.56. The molecule has 1 fully saturated rings. The fourth-order valence-corrected chi connectivity index (χ4v) is 6.66. The molecule has 1 aliphatic heterocycles. The second-order valence-electron chi connectivity index (χ2n) is 11.3. The molecular weight excluding hydrogens is 649 g/mol. The van der Waals surface area contributed by atoms with Crippen LogP contribution in [0.15, 0.2) is 107 Å². The average molecular weight is 685 g/mol. The van der Waals surface area contributed by atoms with Crippen molar-refractivity contribution in [2.75, 3.05) is 30.7 Å². The molecule has 7 nitrogen and oxygen atoms in total. The molecule has 4 N–H and O–H groups in total. The van der Waals surface area contributed by atoms with Crippen LogP contribution in [0, 0.1) is 0 Å². The molecule has 248 valence electrons. The van der Waals surface area contributed by atoms with Crippen LogP contribution in [0.3, 0.4) is 0 Å². The van der Waals surface area contributed by atoms with Crippen molar-refractivity contribution in [3.8, 4) is 0 Å². The van der Waals surface area contributed by atoms with E-state index in [1.165, 1.54) is 6.20 Å². The Kier molecular flexibility index (Phi) is 12.2. The number of H-pyrrole nitrogens is 1. The molecule has 1 saturated heterocycles. The summed E-state index contributed by atoms with van der Waals surface area (Å²) in [4.78, 5) is 30.7. The minimum Gasteiger partial charge on any atom is -0.371 e. The normalized spacial score (nSPS) is 17.4. The summed E-state index contributed by atoms with van der Waals surface area (Å²) in [6.07, 6.45) is -2.26. The third-order valence-electron chi connectivity index (χ3n) is 7.87. The SMILES string of the molecule is O=C(Nc1c(CC[C@@H]2CNC[C@@H](CSc3ccc(Cl)cc3)O2)cc[nH]c1=O)C(NCC(F)(F)F)C(c1ccccc1)c1ccccc1. The molecule has 0 aliphatic carbocycles. The zero-order valence-corrected chi connectivity index (χ0v) is 27.0. The lowest BCUT2D eigenvalue weighted by Crippen LogP contribution is -2.49. The maximum absolute atomic E-state index is 13.9. The molecule has 0 radical (unpaired) electrons. The number of rotatable bonds is 13. The molecule has 1 aromatic heterocycles. The van der Waals surface area contributed by atoms with E-state index >= 15 is 0 Å². The fraction of sp³-hybridized carbons (Fsp3) is 0.314. The highest BCUT2D eigenvalue weighted by molar-refractivity contribution is 7.99. The van der Waals surface area contributed by atoms with Crippen molar-refractivity contribution in [3.05, 3.63) is 129 Å². The molecule has 0 spiro atoms. The average Bonchev–Trinajstić information content (AvgIpc) is 3.07. The minimum absolute atomic E-state index is 0.00907. The van der Waals surface area contributed by atoms with E-state index in [-0.39, 0.29) is 17.9 Å². The third-order valence-corrected chi connectivity index (χ3v) is 9.26. The van der Waals surface area contributed by atoms with E-state index in [1.807, 2.05) is 24.3 Å². The first-order chi connectivity index (χ1) is 22.7. The van der Waals surface area contributed by atoms with Gasteiger partial charge in [-0.1, -0.05) is 72.3 Å². The maximum atomic E-state index is 13.9. The van der Waals surface area contributed by atoms with E-state index in [1.54, 1.807) is 78.5 Å². The van der Waals surface area contributed by atoms with Gasteiger partial charge in [-0.25, -0.2) is 0 Å². The zero-order chi connectivity index (χ0) is 33.2. The molecule has 2 heterocycles. The second kappa shape index (κ2) is 16.5. The summed E-state index contributed by atoms with van der Waals surface area (Å²) in [5.74, 6) is -0.775. The van der Waals surface area contributed by atoms with Gasteiger partial charge in [0.15, 0.2) is 0 Å². The number of ether oxygens (including phenoxy) is 1. The number of morpholine rings is 1. The fourth-order valence-electron chi connectivity index (χ4n) is 5.63. The molecule has 4 aromatic rings. The molecule has 1 unspecified atom stereocenters. The Morgan fingerprint density at radius 2 is 1.57 bits per heavy atom. The van der Waals surface area contributed by atoms with E-state index < -0.39 is 36.1 Å². The summed E-state index contributed by atoms with van der Waals surface area (Å²) in [6.45, 7) is -0.0469. The van der Waals surface area contributed by atoms with Crippen molar-refractivity contribution in [1.82, 2.24) is 15.6 Å². The number of amides is 1. The van der Waals surface area contributed by atoms with Crippen LogP contribution in [0.4, 0.5) is 18.9 Å². The van der Waals surface area contributed by atoms with Gasteiger partial charge in [-0.3, -0.25) is 14.9 Å². The van der Waals surface area contributed by atoms with Crippen LogP contribution in [0.5, 0.6) is 0 Å². The number of aryl methyl sites for hydroxylation is 1. The van der Waals surface area contributed by atoms with Gasteiger partial charge in [-0.05, 0) is 59.9 Å². The Morgan fingerprint density at radius 1 is 0.936 bits per heavy atom. The van der Waals surface area contributed by atoms with Gasteiger partial charge in [0.25, 0.3) is 5.56 Å². The first kappa shape index (κ1) is 34.7. The first-order valence-electron chi connectivity index (χ1n) is 15.3. The highest BCUT2D eigenvalue weighted by Crippen LogP contribution is 2.30. The number of thioether (sulfide) groups is 1. The number of benzene rings is 3. The van der Waals surface area contributed by atoms with Crippen molar-refractivity contribution in [2.45, 2.75) is 48.1 Å². The maximum Gasteiger partial charge on any atom is 0.401 e. The van der Waals surface area contributed by atoms with E-state index in [4.69, 9.17) is 16.3 Å². The molecule has 12 heteroatoms. The second-order valence-corrected chi connectivity index (χ2v) is 12.8. The molecule has 5 rings (SSSR count). The van der Waals surface area contributed by atoms with Gasteiger partial charge >= 0.3 is 6.18 Å². The van der Waals surface area contributed by atoms with Gasteiger partial charge in [0.1, 0.15) is 5.69 Å². The summed E-state index contributed by atoms with van der Waals surface area (Å²) in [5, 5.41) is 9.23. The molecule has 1 aliphatic rings. The van der Waals surface area contributed by atoms with Gasteiger partial charge in [-0.2, -0.15) is 13.2 Å². The lowest BCUT2D eigenvalue weighted by atomic mass is 9.84. The predicted molar refractivity (Wildman–Crippen MR) is 180 cm³/mol. The quantitative estimate of drug-likeness (QED) is 0.122. The number of aromatic nitrogens is 1. The van der Waals surface area contributed by atoms with Crippen LogP contribution < -0.4 is 21.5 Å². The van der Waals surface area contributed by atoms with E-state index in [0.717, 1.165) is 10.6 Å². The van der Waals surface area contributed by atoms with Crippen LogP contribution >= 0.6 is 23.4 Å². The third kappa shape index (κ3) is 10.2. The summed E-state index contributed by atoms with van der Waals surface area (Å²) in [6, 6.07) is 25.7. The van der Waals surface area contributed by atoms with E-state index in [9.17, 15) is 22.8 Å². The van der Waals surface area contributed by atoms with Crippen molar-refractivity contribution in [3.63, 3.8) is 0 Å². The smallest absolute Gasteiger partial charge is 0.371 e. The number of hydrogen-bond donors (Lipinski definition) is 4. The number of carbonyl (C=O) groups is 1. The van der Waals surface area contributed by atoms with Crippen molar-refractivity contribution >= 4 is 35.0 Å².